The number of hydrogen-bond donors (Lipinski definition) is 2. The molecule has 0 aromatic carbocycles. The van der Waals surface area contributed by atoms with Crippen LogP contribution in [0.3, 0.4) is 0 Å². The maximum absolute atomic E-state index is 11.7. The highest BCUT2D eigenvalue weighted by molar-refractivity contribution is 5.76. The summed E-state index contributed by atoms with van der Waals surface area (Å²) in [5, 5.41) is 6.01. The summed E-state index contributed by atoms with van der Waals surface area (Å²) >= 11 is 0. The molecule has 0 aromatic heterocycles. The highest BCUT2D eigenvalue weighted by Gasteiger charge is 2.24. The number of ether oxygens (including phenoxy) is 1. The molecule has 0 aliphatic carbocycles. The predicted molar refractivity (Wildman–Crippen MR) is 55.4 cm³/mol. The van der Waals surface area contributed by atoms with Crippen molar-refractivity contribution in [3.8, 4) is 0 Å². The Morgan fingerprint density at radius 1 is 1.56 bits per heavy atom. The summed E-state index contributed by atoms with van der Waals surface area (Å²) < 4.78 is 28.0. The molecule has 2 N–H and O–H groups in total. The van der Waals surface area contributed by atoms with Crippen molar-refractivity contribution in [1.82, 2.24) is 10.6 Å². The molecule has 16 heavy (non-hydrogen) atoms. The lowest BCUT2D eigenvalue weighted by Gasteiger charge is -2.16. The van der Waals surface area contributed by atoms with Gasteiger partial charge < -0.3 is 15.4 Å². The van der Waals surface area contributed by atoms with Crippen molar-refractivity contribution in [3.63, 3.8) is 0 Å². The normalized spacial score (nSPS) is 25.0. The van der Waals surface area contributed by atoms with E-state index in [1.54, 1.807) is 0 Å². The fraction of sp³-hybridized carbons (Fsp3) is 0.900. The number of alkyl halides is 2. The number of halogens is 2. The van der Waals surface area contributed by atoms with Gasteiger partial charge in [-0.15, -0.1) is 0 Å². The van der Waals surface area contributed by atoms with Crippen molar-refractivity contribution >= 4 is 5.91 Å². The number of hydrogen-bond acceptors (Lipinski definition) is 3. The summed E-state index contributed by atoms with van der Waals surface area (Å²) in [5.41, 5.74) is 0. The minimum atomic E-state index is -2.47. The number of carbonyl (C=O) groups is 1. The van der Waals surface area contributed by atoms with Gasteiger partial charge in [0.05, 0.1) is 6.61 Å². The Balaban J connectivity index is 2.06. The Kier molecular flexibility index (Phi) is 5.62. The molecule has 0 radical (unpaired) electrons. The highest BCUT2D eigenvalue weighted by atomic mass is 19.3. The second-order valence-electron chi connectivity index (χ2n) is 4.03. The highest BCUT2D eigenvalue weighted by Crippen LogP contribution is 2.07. The van der Waals surface area contributed by atoms with Gasteiger partial charge in [-0.2, -0.15) is 0 Å². The standard InChI is InChI=1S/C10H18F2N2O2/c1-7-4-13-5-8(7)14-10(15)2-3-16-6-9(11)12/h7-9,13H,2-6H2,1H3,(H,14,15). The van der Waals surface area contributed by atoms with Crippen LogP contribution in [0.2, 0.25) is 0 Å². The summed E-state index contributed by atoms with van der Waals surface area (Å²) in [7, 11) is 0. The average Bonchev–Trinajstić information content (AvgIpc) is 2.59. The average molecular weight is 236 g/mol. The quantitative estimate of drug-likeness (QED) is 0.656. The van der Waals surface area contributed by atoms with E-state index in [0.717, 1.165) is 13.1 Å². The Bertz CT molecular complexity index is 227. The smallest absolute Gasteiger partial charge is 0.261 e. The fourth-order valence-corrected chi connectivity index (χ4v) is 1.62. The van der Waals surface area contributed by atoms with E-state index in [2.05, 4.69) is 22.3 Å². The van der Waals surface area contributed by atoms with Gasteiger partial charge in [0.1, 0.15) is 6.61 Å². The van der Waals surface area contributed by atoms with Crippen molar-refractivity contribution in [2.75, 3.05) is 26.3 Å². The van der Waals surface area contributed by atoms with E-state index in [1.807, 2.05) is 0 Å². The van der Waals surface area contributed by atoms with Gasteiger partial charge in [-0.25, -0.2) is 8.78 Å². The van der Waals surface area contributed by atoms with E-state index in [4.69, 9.17) is 0 Å². The van der Waals surface area contributed by atoms with Gasteiger partial charge >= 0.3 is 0 Å². The first kappa shape index (κ1) is 13.3. The molecule has 0 saturated carbocycles. The fourth-order valence-electron chi connectivity index (χ4n) is 1.62. The van der Waals surface area contributed by atoms with Crippen molar-refractivity contribution < 1.29 is 18.3 Å². The Morgan fingerprint density at radius 2 is 2.31 bits per heavy atom. The maximum Gasteiger partial charge on any atom is 0.261 e. The van der Waals surface area contributed by atoms with Crippen LogP contribution >= 0.6 is 0 Å². The van der Waals surface area contributed by atoms with Gasteiger partial charge in [0.2, 0.25) is 5.91 Å². The summed E-state index contributed by atoms with van der Waals surface area (Å²) in [6, 6.07) is 0.141. The second-order valence-corrected chi connectivity index (χ2v) is 4.03. The van der Waals surface area contributed by atoms with Crippen molar-refractivity contribution in [2.24, 2.45) is 5.92 Å². The summed E-state index contributed by atoms with van der Waals surface area (Å²) in [5.74, 6) is 0.265. The monoisotopic (exact) mass is 236 g/mol. The first-order chi connectivity index (χ1) is 7.59. The lowest BCUT2D eigenvalue weighted by atomic mass is 10.1. The number of nitrogens with one attached hydrogen (secondary N) is 2. The molecule has 6 heteroatoms. The molecule has 2 atom stereocenters. The summed E-state index contributed by atoms with van der Waals surface area (Å²) in [6.45, 7) is 3.16. The van der Waals surface area contributed by atoms with Crippen LogP contribution in [-0.2, 0) is 9.53 Å². The van der Waals surface area contributed by atoms with Crippen LogP contribution in [0.25, 0.3) is 0 Å². The molecule has 1 aliphatic rings. The van der Waals surface area contributed by atoms with E-state index in [9.17, 15) is 13.6 Å². The van der Waals surface area contributed by atoms with Gasteiger partial charge in [-0.3, -0.25) is 4.79 Å². The van der Waals surface area contributed by atoms with E-state index >= 15 is 0 Å². The first-order valence-corrected chi connectivity index (χ1v) is 5.45. The molecule has 1 amide bonds. The maximum atomic E-state index is 11.7. The van der Waals surface area contributed by atoms with Crippen molar-refractivity contribution in [3.05, 3.63) is 0 Å². The zero-order valence-electron chi connectivity index (χ0n) is 9.34. The van der Waals surface area contributed by atoms with Gasteiger partial charge in [0.25, 0.3) is 6.43 Å². The van der Waals surface area contributed by atoms with Gasteiger partial charge in [-0.1, -0.05) is 6.92 Å². The number of rotatable bonds is 6. The van der Waals surface area contributed by atoms with Crippen LogP contribution in [0.5, 0.6) is 0 Å². The molecular weight excluding hydrogens is 218 g/mol. The molecule has 0 bridgehead atoms. The van der Waals surface area contributed by atoms with Crippen molar-refractivity contribution in [2.45, 2.75) is 25.8 Å². The topological polar surface area (TPSA) is 50.4 Å². The molecule has 1 saturated heterocycles. The first-order valence-electron chi connectivity index (χ1n) is 5.45. The Hall–Kier alpha value is -0.750. The predicted octanol–water partition coefficient (Wildman–Crippen LogP) is 0.382. The third-order valence-corrected chi connectivity index (χ3v) is 2.58. The number of carbonyl (C=O) groups excluding carboxylic acids is 1. The summed E-state index contributed by atoms with van der Waals surface area (Å²) in [4.78, 5) is 11.4. The third kappa shape index (κ3) is 4.85. The van der Waals surface area contributed by atoms with Crippen LogP contribution in [0.4, 0.5) is 8.78 Å². The number of amides is 1. The zero-order valence-corrected chi connectivity index (χ0v) is 9.34. The van der Waals surface area contributed by atoms with Gasteiger partial charge in [0, 0.05) is 19.0 Å². The molecule has 0 spiro atoms. The van der Waals surface area contributed by atoms with Crippen LogP contribution < -0.4 is 10.6 Å². The minimum absolute atomic E-state index is 0.0463. The second kappa shape index (κ2) is 6.75. The molecule has 2 unspecified atom stereocenters. The third-order valence-electron chi connectivity index (χ3n) is 2.58. The molecule has 4 nitrogen and oxygen atoms in total. The Labute approximate surface area is 93.7 Å². The Morgan fingerprint density at radius 3 is 2.88 bits per heavy atom. The van der Waals surface area contributed by atoms with E-state index < -0.39 is 13.0 Å². The van der Waals surface area contributed by atoms with Crippen molar-refractivity contribution in [1.29, 1.82) is 0 Å². The SMILES string of the molecule is CC1CNCC1NC(=O)CCOCC(F)F. The van der Waals surface area contributed by atoms with E-state index in [1.165, 1.54) is 0 Å². The largest absolute Gasteiger partial charge is 0.375 e. The van der Waals surface area contributed by atoms with Crippen LogP contribution in [0.1, 0.15) is 13.3 Å². The van der Waals surface area contributed by atoms with E-state index in [-0.39, 0.29) is 25.0 Å². The molecule has 1 aliphatic heterocycles. The van der Waals surface area contributed by atoms with Crippen LogP contribution in [0.15, 0.2) is 0 Å². The van der Waals surface area contributed by atoms with Gasteiger partial charge in [-0.05, 0) is 12.5 Å². The molecule has 1 fully saturated rings. The molecule has 94 valence electrons. The molecule has 0 aromatic rings. The molecule has 1 rings (SSSR count). The minimum Gasteiger partial charge on any atom is -0.375 e. The molecule has 1 heterocycles. The van der Waals surface area contributed by atoms with E-state index in [0.29, 0.717) is 5.92 Å². The lowest BCUT2D eigenvalue weighted by Crippen LogP contribution is -2.39. The van der Waals surface area contributed by atoms with Crippen LogP contribution in [-0.4, -0.2) is 44.7 Å². The van der Waals surface area contributed by atoms with Gasteiger partial charge in [0.15, 0.2) is 0 Å². The zero-order chi connectivity index (χ0) is 12.0. The summed E-state index contributed by atoms with van der Waals surface area (Å²) in [6.07, 6.45) is -2.34. The molecular formula is C10H18F2N2O2. The lowest BCUT2D eigenvalue weighted by molar-refractivity contribution is -0.123. The van der Waals surface area contributed by atoms with Crippen LogP contribution in [0, 0.1) is 5.92 Å².